The molecular weight excluding hydrogens is 380 g/mol. The van der Waals surface area contributed by atoms with E-state index < -0.39 is 0 Å². The predicted molar refractivity (Wildman–Crippen MR) is 97.0 cm³/mol. The summed E-state index contributed by atoms with van der Waals surface area (Å²) in [5.41, 5.74) is 2.18. The van der Waals surface area contributed by atoms with Crippen LogP contribution in [0.4, 0.5) is 11.4 Å². The Morgan fingerprint density at radius 1 is 1.22 bits per heavy atom. The van der Waals surface area contributed by atoms with Gasteiger partial charge in [0.15, 0.2) is 0 Å². The zero-order valence-corrected chi connectivity index (χ0v) is 15.1. The van der Waals surface area contributed by atoms with Gasteiger partial charge in [-0.25, -0.2) is 0 Å². The van der Waals surface area contributed by atoms with E-state index in [-0.39, 0.29) is 18.4 Å². The number of carbonyl (C=O) groups excluding carboxylic acids is 2. The molecule has 0 aliphatic rings. The van der Waals surface area contributed by atoms with E-state index in [0.717, 1.165) is 10.0 Å². The summed E-state index contributed by atoms with van der Waals surface area (Å²) >= 11 is 9.44. The minimum atomic E-state index is -0.311. The zero-order valence-electron chi connectivity index (χ0n) is 12.8. The number of anilines is 2. The average Bonchev–Trinajstić information content (AvgIpc) is 2.50. The smallest absolute Gasteiger partial charge is 0.244 e. The molecule has 2 aromatic rings. The van der Waals surface area contributed by atoms with Crippen LogP contribution in [0.5, 0.6) is 0 Å². The van der Waals surface area contributed by atoms with Gasteiger partial charge in [0.2, 0.25) is 11.8 Å². The van der Waals surface area contributed by atoms with E-state index in [4.69, 9.17) is 11.6 Å². The highest BCUT2D eigenvalue weighted by Crippen LogP contribution is 2.24. The summed E-state index contributed by atoms with van der Waals surface area (Å²) in [5, 5.41) is 3.17. The van der Waals surface area contributed by atoms with E-state index in [9.17, 15) is 9.59 Å². The topological polar surface area (TPSA) is 49.4 Å². The summed E-state index contributed by atoms with van der Waals surface area (Å²) in [6.07, 6.45) is 0. The number of para-hydroxylation sites is 1. The van der Waals surface area contributed by atoms with Crippen molar-refractivity contribution in [2.45, 2.75) is 13.8 Å². The third-order valence-corrected chi connectivity index (χ3v) is 4.50. The summed E-state index contributed by atoms with van der Waals surface area (Å²) in [6.45, 7) is 3.28. The van der Waals surface area contributed by atoms with Gasteiger partial charge in [-0.15, -0.1) is 0 Å². The first-order valence-corrected chi connectivity index (χ1v) is 8.14. The van der Waals surface area contributed by atoms with E-state index >= 15 is 0 Å². The first-order valence-electron chi connectivity index (χ1n) is 6.97. The van der Waals surface area contributed by atoms with Crippen LogP contribution in [0, 0.1) is 6.92 Å². The lowest BCUT2D eigenvalue weighted by atomic mass is 10.2. The molecule has 2 aromatic carbocycles. The number of halogens is 2. The molecule has 0 heterocycles. The third kappa shape index (κ3) is 4.56. The quantitative estimate of drug-likeness (QED) is 0.834. The number of hydrogen-bond acceptors (Lipinski definition) is 2. The Morgan fingerprint density at radius 2 is 1.91 bits per heavy atom. The number of carbonyl (C=O) groups is 2. The Hall–Kier alpha value is -1.85. The largest absolute Gasteiger partial charge is 0.323 e. The number of aryl methyl sites for hydroxylation is 1. The fourth-order valence-electron chi connectivity index (χ4n) is 2.08. The number of nitrogens with zero attached hydrogens (tertiary/aromatic N) is 1. The van der Waals surface area contributed by atoms with Crippen molar-refractivity contribution >= 4 is 50.7 Å². The van der Waals surface area contributed by atoms with Crippen molar-refractivity contribution in [2.24, 2.45) is 0 Å². The minimum absolute atomic E-state index is 0.0817. The lowest BCUT2D eigenvalue weighted by molar-refractivity contribution is -0.120. The molecule has 0 atom stereocenters. The van der Waals surface area contributed by atoms with Gasteiger partial charge in [0.25, 0.3) is 0 Å². The van der Waals surface area contributed by atoms with E-state index in [1.54, 1.807) is 30.3 Å². The SMILES string of the molecule is CC(=O)N(CC(=O)Nc1ccccc1Cl)c1ccc(Br)c(C)c1. The molecule has 23 heavy (non-hydrogen) atoms. The Kier molecular flexibility index (Phi) is 5.80. The molecule has 2 rings (SSSR count). The minimum Gasteiger partial charge on any atom is -0.323 e. The van der Waals surface area contributed by atoms with Crippen LogP contribution in [0.3, 0.4) is 0 Å². The number of hydrogen-bond donors (Lipinski definition) is 1. The molecule has 0 aliphatic heterocycles. The van der Waals surface area contributed by atoms with E-state index in [2.05, 4.69) is 21.2 Å². The number of benzene rings is 2. The van der Waals surface area contributed by atoms with Crippen molar-refractivity contribution < 1.29 is 9.59 Å². The Balaban J connectivity index is 2.16. The van der Waals surface area contributed by atoms with Gasteiger partial charge in [0.05, 0.1) is 10.7 Å². The first-order chi connectivity index (χ1) is 10.9. The van der Waals surface area contributed by atoms with Crippen molar-refractivity contribution in [3.63, 3.8) is 0 Å². The van der Waals surface area contributed by atoms with Crippen LogP contribution in [-0.4, -0.2) is 18.4 Å². The van der Waals surface area contributed by atoms with Crippen LogP contribution < -0.4 is 10.2 Å². The van der Waals surface area contributed by atoms with Gasteiger partial charge in [-0.3, -0.25) is 9.59 Å². The van der Waals surface area contributed by atoms with Gasteiger partial charge >= 0.3 is 0 Å². The second-order valence-corrected chi connectivity index (χ2v) is 6.33. The molecule has 0 aromatic heterocycles. The fraction of sp³-hybridized carbons (Fsp3) is 0.176. The Bertz CT molecular complexity index is 749. The molecule has 120 valence electrons. The maximum atomic E-state index is 12.2. The zero-order chi connectivity index (χ0) is 17.0. The lowest BCUT2D eigenvalue weighted by Crippen LogP contribution is -2.36. The van der Waals surface area contributed by atoms with Gasteiger partial charge in [-0.05, 0) is 42.8 Å². The molecule has 0 saturated heterocycles. The van der Waals surface area contributed by atoms with Crippen molar-refractivity contribution in [2.75, 3.05) is 16.8 Å². The van der Waals surface area contributed by atoms with Crippen molar-refractivity contribution in [3.05, 3.63) is 57.5 Å². The molecule has 0 aliphatic carbocycles. The summed E-state index contributed by atoms with van der Waals surface area (Å²) in [7, 11) is 0. The average molecular weight is 396 g/mol. The summed E-state index contributed by atoms with van der Waals surface area (Å²) < 4.78 is 0.949. The number of nitrogens with one attached hydrogen (secondary N) is 1. The van der Waals surface area contributed by atoms with E-state index in [1.807, 2.05) is 19.1 Å². The van der Waals surface area contributed by atoms with Gasteiger partial charge in [0.1, 0.15) is 6.54 Å². The number of rotatable bonds is 4. The molecule has 0 radical (unpaired) electrons. The maximum absolute atomic E-state index is 12.2. The van der Waals surface area contributed by atoms with Crippen LogP contribution in [0.1, 0.15) is 12.5 Å². The molecule has 0 unspecified atom stereocenters. The lowest BCUT2D eigenvalue weighted by Gasteiger charge is -2.21. The van der Waals surface area contributed by atoms with Gasteiger partial charge < -0.3 is 10.2 Å². The molecule has 4 nitrogen and oxygen atoms in total. The van der Waals surface area contributed by atoms with Crippen molar-refractivity contribution in [1.82, 2.24) is 0 Å². The van der Waals surface area contributed by atoms with Crippen molar-refractivity contribution in [3.8, 4) is 0 Å². The normalized spacial score (nSPS) is 10.3. The molecule has 2 amide bonds. The van der Waals surface area contributed by atoms with E-state index in [1.165, 1.54) is 11.8 Å². The summed E-state index contributed by atoms with van der Waals surface area (Å²) in [5.74, 6) is -0.519. The molecule has 1 N–H and O–H groups in total. The van der Waals surface area contributed by atoms with Crippen LogP contribution in [-0.2, 0) is 9.59 Å². The summed E-state index contributed by atoms with van der Waals surface area (Å²) in [6, 6.07) is 12.5. The molecule has 0 bridgehead atoms. The third-order valence-electron chi connectivity index (χ3n) is 3.28. The van der Waals surface area contributed by atoms with Gasteiger partial charge in [-0.1, -0.05) is 39.7 Å². The van der Waals surface area contributed by atoms with Crippen LogP contribution in [0.15, 0.2) is 46.9 Å². The second kappa shape index (κ2) is 7.62. The van der Waals surface area contributed by atoms with Crippen LogP contribution >= 0.6 is 27.5 Å². The monoisotopic (exact) mass is 394 g/mol. The molecule has 6 heteroatoms. The molecular formula is C17H16BrClN2O2. The van der Waals surface area contributed by atoms with Gasteiger partial charge in [-0.2, -0.15) is 0 Å². The summed E-state index contributed by atoms with van der Waals surface area (Å²) in [4.78, 5) is 25.6. The number of amides is 2. The standard InChI is InChI=1S/C17H16BrClN2O2/c1-11-9-13(7-8-14(11)18)21(12(2)22)10-17(23)20-16-6-4-3-5-15(16)19/h3-9H,10H2,1-2H3,(H,20,23). The molecule has 0 saturated carbocycles. The van der Waals surface area contributed by atoms with Crippen molar-refractivity contribution in [1.29, 1.82) is 0 Å². The highest BCUT2D eigenvalue weighted by molar-refractivity contribution is 9.10. The predicted octanol–water partition coefficient (Wildman–Crippen LogP) is 4.40. The highest BCUT2D eigenvalue weighted by Gasteiger charge is 2.17. The molecule has 0 spiro atoms. The first kappa shape index (κ1) is 17.5. The Labute approximate surface area is 148 Å². The Morgan fingerprint density at radius 3 is 2.52 bits per heavy atom. The van der Waals surface area contributed by atoms with Crippen LogP contribution in [0.25, 0.3) is 0 Å². The fourth-order valence-corrected chi connectivity index (χ4v) is 2.51. The highest BCUT2D eigenvalue weighted by atomic mass is 79.9. The molecule has 0 fully saturated rings. The maximum Gasteiger partial charge on any atom is 0.244 e. The van der Waals surface area contributed by atoms with E-state index in [0.29, 0.717) is 16.4 Å². The second-order valence-electron chi connectivity index (χ2n) is 5.07. The van der Waals surface area contributed by atoms with Crippen LogP contribution in [0.2, 0.25) is 5.02 Å². The van der Waals surface area contributed by atoms with Gasteiger partial charge in [0, 0.05) is 17.1 Å².